The molecule has 4 aromatic rings. The van der Waals surface area contributed by atoms with Crippen molar-refractivity contribution in [3.63, 3.8) is 0 Å². The number of nitrogens with zero attached hydrogens (tertiary/aromatic N) is 7. The number of benzene rings is 1. The fourth-order valence-electron chi connectivity index (χ4n) is 5.36. The summed E-state index contributed by atoms with van der Waals surface area (Å²) in [5.41, 5.74) is 0.526. The lowest BCUT2D eigenvalue weighted by Crippen LogP contribution is -2.39. The third-order valence-electron chi connectivity index (χ3n) is 7.10. The SMILES string of the molecule is [B]c1nnnn1-c1ccc(Cl)c(F)c1C1=CC(=O)N2[C@H](CC[C@H]2c2ncc(-c3ccnc(C([B])([B])O)c3F)[nH]2)C1. The Bertz CT molecular complexity index is 1690. The normalized spacial score (nSPS) is 19.1. The van der Waals surface area contributed by atoms with Gasteiger partial charge in [0.15, 0.2) is 19.5 Å². The Morgan fingerprint density at radius 3 is 2.67 bits per heavy atom. The highest BCUT2D eigenvalue weighted by Gasteiger charge is 2.42. The predicted molar refractivity (Wildman–Crippen MR) is 142 cm³/mol. The minimum atomic E-state index is -2.47. The van der Waals surface area contributed by atoms with Crippen molar-refractivity contribution in [1.82, 2.24) is 40.1 Å². The van der Waals surface area contributed by atoms with E-state index in [1.807, 2.05) is 0 Å². The third-order valence-corrected chi connectivity index (χ3v) is 7.39. The van der Waals surface area contributed by atoms with Crippen LogP contribution in [0, 0.1) is 11.6 Å². The number of hydrogen-bond donors (Lipinski definition) is 2. The van der Waals surface area contributed by atoms with Crippen LogP contribution in [0.2, 0.25) is 5.02 Å². The lowest BCUT2D eigenvalue weighted by Gasteiger charge is -2.33. The minimum absolute atomic E-state index is 0.0469. The molecule has 0 unspecified atom stereocenters. The molecule has 0 bridgehead atoms. The van der Waals surface area contributed by atoms with E-state index in [0.29, 0.717) is 30.7 Å². The number of imidazole rings is 1. The fraction of sp³-hybridized carbons (Fsp3) is 0.250. The van der Waals surface area contributed by atoms with E-state index in [9.17, 15) is 9.90 Å². The number of pyridine rings is 1. The number of rotatable bonds is 5. The van der Waals surface area contributed by atoms with E-state index < -0.39 is 28.8 Å². The summed E-state index contributed by atoms with van der Waals surface area (Å²) >= 11 is 6.10. The van der Waals surface area contributed by atoms with E-state index in [4.69, 9.17) is 35.1 Å². The molecule has 5 heterocycles. The molecule has 0 saturated carbocycles. The molecular weight excluding hydrogens is 538 g/mol. The predicted octanol–water partition coefficient (Wildman–Crippen LogP) is 1.13. The maximum Gasteiger partial charge on any atom is 0.247 e. The van der Waals surface area contributed by atoms with Gasteiger partial charge in [0.1, 0.15) is 21.5 Å². The van der Waals surface area contributed by atoms with Crippen molar-refractivity contribution in [2.45, 2.75) is 36.7 Å². The second-order valence-electron chi connectivity index (χ2n) is 9.60. The quantitative estimate of drug-likeness (QED) is 0.355. The summed E-state index contributed by atoms with van der Waals surface area (Å²) in [6.07, 6.45) is 5.53. The third kappa shape index (κ3) is 4.33. The standard InChI is InChI=1S/C24H16B3ClF2N8O2/c25-23-34-35-36-38(23)15-4-2-13(28)20(30)18(15)10-7-11-1-3-16(37(11)17(39)8-10)22-32-9-14(33-22)12-5-6-31-21(19(12)29)24(26,27)40/h2,4-6,8-9,11,16,40H,1,3,7H2,(H,32,33)/t11-,16+/m1/s1. The van der Waals surface area contributed by atoms with Crippen molar-refractivity contribution in [3.05, 3.63) is 70.4 Å². The summed E-state index contributed by atoms with van der Waals surface area (Å²) in [7, 11) is 16.7. The summed E-state index contributed by atoms with van der Waals surface area (Å²) in [4.78, 5) is 26.3. The Hall–Kier alpha value is -3.84. The smallest absolute Gasteiger partial charge is 0.247 e. The maximum atomic E-state index is 15.4. The van der Waals surface area contributed by atoms with Gasteiger partial charge in [-0.05, 0) is 53.5 Å². The van der Waals surface area contributed by atoms with Crippen LogP contribution in [0.4, 0.5) is 8.78 Å². The second kappa shape index (κ2) is 9.67. The van der Waals surface area contributed by atoms with Gasteiger partial charge in [-0.1, -0.05) is 11.6 Å². The van der Waals surface area contributed by atoms with Crippen LogP contribution < -0.4 is 5.72 Å². The van der Waals surface area contributed by atoms with Crippen molar-refractivity contribution in [1.29, 1.82) is 0 Å². The summed E-state index contributed by atoms with van der Waals surface area (Å²) < 4.78 is 31.6. The van der Waals surface area contributed by atoms with E-state index in [1.165, 1.54) is 41.4 Å². The van der Waals surface area contributed by atoms with Crippen LogP contribution >= 0.6 is 11.6 Å². The van der Waals surface area contributed by atoms with Gasteiger partial charge in [0, 0.05) is 34.8 Å². The number of tetrazole rings is 1. The van der Waals surface area contributed by atoms with E-state index in [2.05, 4.69) is 30.5 Å². The zero-order chi connectivity index (χ0) is 28.3. The molecule has 194 valence electrons. The first-order valence-electron chi connectivity index (χ1n) is 12.1. The van der Waals surface area contributed by atoms with Crippen molar-refractivity contribution >= 4 is 52.3 Å². The number of aliphatic hydroxyl groups is 1. The fourth-order valence-corrected chi connectivity index (χ4v) is 5.52. The average Bonchev–Trinajstić information content (AvgIpc) is 3.65. The first-order valence-corrected chi connectivity index (χ1v) is 12.5. The number of H-pyrrole nitrogens is 1. The van der Waals surface area contributed by atoms with Crippen LogP contribution in [0.15, 0.2) is 36.7 Å². The maximum absolute atomic E-state index is 15.4. The van der Waals surface area contributed by atoms with Gasteiger partial charge in [0.25, 0.3) is 0 Å². The van der Waals surface area contributed by atoms with Crippen molar-refractivity contribution < 1.29 is 18.7 Å². The van der Waals surface area contributed by atoms with Crippen molar-refractivity contribution in [3.8, 4) is 16.9 Å². The molecule has 2 atom stereocenters. The summed E-state index contributed by atoms with van der Waals surface area (Å²) in [5, 5.41) is 18.2. The Kier molecular flexibility index (Phi) is 6.38. The Morgan fingerprint density at radius 1 is 1.15 bits per heavy atom. The zero-order valence-corrected chi connectivity index (χ0v) is 21.3. The number of hydrogen-bond acceptors (Lipinski definition) is 7. The molecule has 10 nitrogen and oxygen atoms in total. The molecule has 6 radical (unpaired) electrons. The van der Waals surface area contributed by atoms with Crippen LogP contribution in [0.1, 0.15) is 42.4 Å². The summed E-state index contributed by atoms with van der Waals surface area (Å²) in [5.74, 6) is -1.53. The molecule has 40 heavy (non-hydrogen) atoms. The second-order valence-corrected chi connectivity index (χ2v) is 10.0. The highest BCUT2D eigenvalue weighted by molar-refractivity contribution is 6.38. The van der Waals surface area contributed by atoms with Gasteiger partial charge >= 0.3 is 0 Å². The van der Waals surface area contributed by atoms with Gasteiger partial charge in [-0.3, -0.25) is 9.78 Å². The first-order chi connectivity index (χ1) is 19.0. The van der Waals surface area contributed by atoms with Crippen molar-refractivity contribution in [2.75, 3.05) is 0 Å². The van der Waals surface area contributed by atoms with Gasteiger partial charge in [0.05, 0.1) is 40.1 Å². The monoisotopic (exact) mass is 554 g/mol. The number of carbonyl (C=O) groups is 1. The average molecular weight is 554 g/mol. The summed E-state index contributed by atoms with van der Waals surface area (Å²) in [6.45, 7) is 0. The Labute approximate surface area is 235 Å². The van der Waals surface area contributed by atoms with Crippen molar-refractivity contribution in [2.24, 2.45) is 0 Å². The Morgan fingerprint density at radius 2 is 1.95 bits per heavy atom. The zero-order valence-electron chi connectivity index (χ0n) is 20.6. The van der Waals surface area contributed by atoms with Crippen LogP contribution in [0.25, 0.3) is 22.5 Å². The molecule has 2 aliphatic heterocycles. The van der Waals surface area contributed by atoms with Gasteiger partial charge in [-0.25, -0.2) is 18.4 Å². The molecule has 1 fully saturated rings. The molecule has 0 aliphatic carbocycles. The molecule has 1 amide bonds. The molecule has 3 aromatic heterocycles. The number of nitrogens with one attached hydrogen (secondary N) is 1. The van der Waals surface area contributed by atoms with Crippen LogP contribution in [0.3, 0.4) is 0 Å². The number of carbonyl (C=O) groups excluding carboxylic acids is 1. The molecule has 2 aliphatic rings. The molecule has 6 rings (SSSR count). The highest BCUT2D eigenvalue weighted by Crippen LogP contribution is 2.44. The number of fused-ring (bicyclic) bond motifs is 1. The lowest BCUT2D eigenvalue weighted by molar-refractivity contribution is -0.129. The molecule has 16 heteroatoms. The molecular formula is C24H16B3ClF2N8O2. The van der Waals surface area contributed by atoms with Gasteiger partial charge in [0.2, 0.25) is 5.91 Å². The first kappa shape index (κ1) is 26.4. The van der Waals surface area contributed by atoms with E-state index in [-0.39, 0.29) is 45.2 Å². The lowest BCUT2D eigenvalue weighted by atomic mass is 9.63. The van der Waals surface area contributed by atoms with Crippen LogP contribution in [-0.2, 0) is 10.2 Å². The molecule has 2 N–H and O–H groups in total. The number of aromatic amines is 1. The molecule has 1 aromatic carbocycles. The van der Waals surface area contributed by atoms with Crippen LogP contribution in [-0.4, -0.2) is 80.7 Å². The topological polar surface area (TPSA) is 126 Å². The van der Waals surface area contributed by atoms with Gasteiger partial charge < -0.3 is 15.0 Å². The van der Waals surface area contributed by atoms with E-state index >= 15 is 8.78 Å². The van der Waals surface area contributed by atoms with Crippen LogP contribution in [0.5, 0.6) is 0 Å². The highest BCUT2D eigenvalue weighted by atomic mass is 35.5. The molecule has 0 spiro atoms. The van der Waals surface area contributed by atoms with E-state index in [1.54, 1.807) is 4.90 Å². The van der Waals surface area contributed by atoms with Gasteiger partial charge in [-0.15, -0.1) is 5.10 Å². The van der Waals surface area contributed by atoms with E-state index in [0.717, 1.165) is 0 Å². The largest absolute Gasteiger partial charge is 0.403 e. The number of aromatic nitrogens is 7. The summed E-state index contributed by atoms with van der Waals surface area (Å²) in [6, 6.07) is 3.58. The molecule has 1 saturated heterocycles. The van der Waals surface area contributed by atoms with Gasteiger partial charge in [-0.2, -0.15) is 0 Å². The Balaban J connectivity index is 1.33. The number of halogens is 3. The minimum Gasteiger partial charge on any atom is -0.403 e. The number of amides is 1.